The molecule has 1 amide bonds. The first kappa shape index (κ1) is 17.3. The maximum atomic E-state index is 12.5. The van der Waals surface area contributed by atoms with Crippen molar-refractivity contribution in [1.29, 1.82) is 0 Å². The van der Waals surface area contributed by atoms with E-state index in [2.05, 4.69) is 0 Å². The molecule has 0 aliphatic carbocycles. The van der Waals surface area contributed by atoms with E-state index in [4.69, 9.17) is 23.2 Å². The van der Waals surface area contributed by atoms with Gasteiger partial charge < -0.3 is 4.90 Å². The monoisotopic (exact) mass is 377 g/mol. The van der Waals surface area contributed by atoms with Gasteiger partial charge in [-0.1, -0.05) is 23.2 Å². The van der Waals surface area contributed by atoms with E-state index in [1.807, 2.05) is 6.07 Å². The van der Waals surface area contributed by atoms with Crippen molar-refractivity contribution in [3.8, 4) is 0 Å². The van der Waals surface area contributed by atoms with Crippen molar-refractivity contribution in [3.63, 3.8) is 0 Å². The number of benzene rings is 1. The maximum absolute atomic E-state index is 12.5. The van der Waals surface area contributed by atoms with Crippen LogP contribution >= 0.6 is 34.5 Å². The van der Waals surface area contributed by atoms with E-state index in [9.17, 15) is 13.2 Å². The van der Waals surface area contributed by atoms with E-state index < -0.39 is 9.84 Å². The number of carbonyl (C=O) groups excluding carboxylic acids is 1. The minimum absolute atomic E-state index is 0.0628. The van der Waals surface area contributed by atoms with E-state index in [0.717, 1.165) is 11.1 Å². The number of hydrogen-bond acceptors (Lipinski definition) is 4. The zero-order chi connectivity index (χ0) is 16.5. The average molecular weight is 378 g/mol. The molecule has 22 heavy (non-hydrogen) atoms. The normalized spacial score (nSPS) is 11.5. The van der Waals surface area contributed by atoms with Gasteiger partial charge in [-0.15, -0.1) is 11.3 Å². The number of halogens is 2. The Balaban J connectivity index is 2.28. The van der Waals surface area contributed by atoms with Gasteiger partial charge in [0, 0.05) is 18.2 Å². The van der Waals surface area contributed by atoms with Crippen LogP contribution in [0.15, 0.2) is 35.2 Å². The number of nitrogens with zero attached hydrogens (tertiary/aromatic N) is 1. The van der Waals surface area contributed by atoms with E-state index in [1.54, 1.807) is 13.1 Å². The van der Waals surface area contributed by atoms with E-state index in [-0.39, 0.29) is 21.4 Å². The van der Waals surface area contributed by atoms with Crippen LogP contribution in [0.4, 0.5) is 0 Å². The van der Waals surface area contributed by atoms with Gasteiger partial charge in [-0.25, -0.2) is 8.42 Å². The molecular weight excluding hydrogens is 365 g/mol. The summed E-state index contributed by atoms with van der Waals surface area (Å²) in [5.74, 6) is -0.347. The predicted octanol–water partition coefficient (Wildman–Crippen LogP) is 3.73. The molecule has 0 saturated carbocycles. The Bertz CT molecular complexity index is 815. The predicted molar refractivity (Wildman–Crippen MR) is 89.7 cm³/mol. The van der Waals surface area contributed by atoms with E-state index in [0.29, 0.717) is 10.9 Å². The highest BCUT2D eigenvalue weighted by Crippen LogP contribution is 2.25. The molecule has 0 aliphatic rings. The molecule has 1 aromatic carbocycles. The average Bonchev–Trinajstić information content (AvgIpc) is 2.82. The summed E-state index contributed by atoms with van der Waals surface area (Å²) in [5, 5.41) is 0.216. The van der Waals surface area contributed by atoms with Crippen LogP contribution in [0.25, 0.3) is 0 Å². The van der Waals surface area contributed by atoms with E-state index in [1.165, 1.54) is 34.4 Å². The second kappa shape index (κ2) is 6.58. The lowest BCUT2D eigenvalue weighted by atomic mass is 10.2. The number of sulfone groups is 1. The quantitative estimate of drug-likeness (QED) is 0.815. The molecule has 0 bridgehead atoms. The Hall–Kier alpha value is -1.08. The Morgan fingerprint density at radius 2 is 1.91 bits per heavy atom. The zero-order valence-electron chi connectivity index (χ0n) is 11.8. The van der Waals surface area contributed by atoms with Crippen LogP contribution in [0.1, 0.15) is 15.2 Å². The molecule has 0 N–H and O–H groups in total. The summed E-state index contributed by atoms with van der Waals surface area (Å²) in [4.78, 5) is 14.9. The molecule has 2 aromatic rings. The fourth-order valence-corrected chi connectivity index (χ4v) is 3.83. The smallest absolute Gasteiger partial charge is 0.255 e. The van der Waals surface area contributed by atoms with Crippen LogP contribution in [0.3, 0.4) is 0 Å². The molecule has 1 aromatic heterocycles. The third kappa shape index (κ3) is 4.01. The largest absolute Gasteiger partial charge is 0.337 e. The molecule has 1 heterocycles. The Kier molecular flexibility index (Phi) is 5.17. The summed E-state index contributed by atoms with van der Waals surface area (Å²) in [7, 11) is -1.78. The highest BCUT2D eigenvalue weighted by atomic mass is 35.5. The van der Waals surface area contributed by atoms with Crippen molar-refractivity contribution in [2.45, 2.75) is 11.4 Å². The van der Waals surface area contributed by atoms with Crippen molar-refractivity contribution in [2.75, 3.05) is 13.3 Å². The molecule has 0 saturated heterocycles. The summed E-state index contributed by atoms with van der Waals surface area (Å²) < 4.78 is 23.8. The van der Waals surface area contributed by atoms with Crippen molar-refractivity contribution in [1.82, 2.24) is 4.90 Å². The summed E-state index contributed by atoms with van der Waals surface area (Å²) in [6.45, 7) is 0.371. The van der Waals surface area contributed by atoms with Crippen LogP contribution in [-0.2, 0) is 16.4 Å². The van der Waals surface area contributed by atoms with Gasteiger partial charge in [0.25, 0.3) is 5.91 Å². The third-order valence-corrected chi connectivity index (χ3v) is 5.62. The standard InChI is InChI=1S/C14H13Cl2NO3S2/c1-17(8-9-3-6-13(16)21-9)14(18)11-7-10(22(2,19)20)4-5-12(11)15/h3-7H,8H2,1-2H3. The minimum Gasteiger partial charge on any atom is -0.337 e. The first-order chi connectivity index (χ1) is 10.2. The summed E-state index contributed by atoms with van der Waals surface area (Å²) in [6.07, 6.45) is 1.09. The van der Waals surface area contributed by atoms with Gasteiger partial charge in [-0.2, -0.15) is 0 Å². The maximum Gasteiger partial charge on any atom is 0.255 e. The van der Waals surface area contributed by atoms with Gasteiger partial charge in [0.15, 0.2) is 9.84 Å². The van der Waals surface area contributed by atoms with Crippen LogP contribution in [0, 0.1) is 0 Å². The highest BCUT2D eigenvalue weighted by molar-refractivity contribution is 7.90. The summed E-state index contributed by atoms with van der Waals surface area (Å²) >= 11 is 13.3. The van der Waals surface area contributed by atoms with Gasteiger partial charge >= 0.3 is 0 Å². The van der Waals surface area contributed by atoms with Crippen molar-refractivity contribution in [3.05, 3.63) is 50.1 Å². The third-order valence-electron chi connectivity index (χ3n) is 2.96. The highest BCUT2D eigenvalue weighted by Gasteiger charge is 2.19. The second-order valence-corrected chi connectivity index (χ2v) is 9.00. The minimum atomic E-state index is -3.40. The number of hydrogen-bond donors (Lipinski definition) is 0. The molecule has 0 spiro atoms. The van der Waals surface area contributed by atoms with Crippen molar-refractivity contribution in [2.24, 2.45) is 0 Å². The van der Waals surface area contributed by atoms with Crippen LogP contribution in [-0.4, -0.2) is 32.5 Å². The van der Waals surface area contributed by atoms with E-state index >= 15 is 0 Å². The number of amides is 1. The molecule has 0 atom stereocenters. The SMILES string of the molecule is CN(Cc1ccc(Cl)s1)C(=O)c1cc(S(C)(=O)=O)ccc1Cl. The Morgan fingerprint density at radius 1 is 1.23 bits per heavy atom. The molecule has 118 valence electrons. The van der Waals surface area contributed by atoms with Gasteiger partial charge in [-0.05, 0) is 30.3 Å². The number of rotatable bonds is 4. The zero-order valence-corrected chi connectivity index (χ0v) is 15.0. The van der Waals surface area contributed by atoms with Crippen molar-refractivity contribution < 1.29 is 13.2 Å². The molecule has 4 nitrogen and oxygen atoms in total. The molecule has 8 heteroatoms. The first-order valence-corrected chi connectivity index (χ1v) is 9.64. The fourth-order valence-electron chi connectivity index (χ4n) is 1.85. The lowest BCUT2D eigenvalue weighted by Crippen LogP contribution is -2.26. The second-order valence-electron chi connectivity index (χ2n) is 4.78. The van der Waals surface area contributed by atoms with Crippen molar-refractivity contribution >= 4 is 50.3 Å². The van der Waals surface area contributed by atoms with Crippen LogP contribution < -0.4 is 0 Å². The topological polar surface area (TPSA) is 54.5 Å². The molecule has 0 aliphatic heterocycles. The Labute approximate surface area is 143 Å². The lowest BCUT2D eigenvalue weighted by Gasteiger charge is -2.17. The summed E-state index contributed by atoms with van der Waals surface area (Å²) in [5.41, 5.74) is 0.162. The van der Waals surface area contributed by atoms with Crippen LogP contribution in [0.5, 0.6) is 0 Å². The van der Waals surface area contributed by atoms with Gasteiger partial charge in [0.2, 0.25) is 0 Å². The summed E-state index contributed by atoms with van der Waals surface area (Å²) in [6, 6.07) is 7.70. The van der Waals surface area contributed by atoms with Gasteiger partial charge in [-0.3, -0.25) is 4.79 Å². The van der Waals surface area contributed by atoms with Gasteiger partial charge in [0.05, 0.1) is 26.4 Å². The van der Waals surface area contributed by atoms with Crippen LogP contribution in [0.2, 0.25) is 9.36 Å². The Morgan fingerprint density at radius 3 is 2.45 bits per heavy atom. The van der Waals surface area contributed by atoms with Gasteiger partial charge in [0.1, 0.15) is 0 Å². The molecule has 0 radical (unpaired) electrons. The molecule has 0 unspecified atom stereocenters. The first-order valence-electron chi connectivity index (χ1n) is 6.18. The number of thiophene rings is 1. The number of carbonyl (C=O) groups is 1. The molecule has 2 rings (SSSR count). The fraction of sp³-hybridized carbons (Fsp3) is 0.214. The molecule has 0 fully saturated rings. The lowest BCUT2D eigenvalue weighted by molar-refractivity contribution is 0.0786. The molecular formula is C14H13Cl2NO3S2.